The first kappa shape index (κ1) is 13.0. The Bertz CT molecular complexity index is 496. The molecule has 1 aromatic carbocycles. The fraction of sp³-hybridized carbons (Fsp3) is 0.500. The molecule has 0 saturated carbocycles. The Hall–Kier alpha value is -1.04. The number of fused-ring (bicyclic) bond motifs is 2. The zero-order valence-electron chi connectivity index (χ0n) is 10.6. The number of morpholine rings is 1. The summed E-state index contributed by atoms with van der Waals surface area (Å²) in [6.07, 6.45) is 2.88. The Labute approximate surface area is 117 Å². The molecule has 0 amide bonds. The number of hydrogen-bond acceptors (Lipinski definition) is 3. The Balaban J connectivity index is 1.75. The summed E-state index contributed by atoms with van der Waals surface area (Å²) in [4.78, 5) is 2.57. The fourth-order valence-corrected chi connectivity index (χ4v) is 3.05. The minimum atomic E-state index is -0.196. The second-order valence-corrected chi connectivity index (χ2v) is 5.76. The zero-order chi connectivity index (χ0) is 13.4. The van der Waals surface area contributed by atoms with E-state index in [0.717, 1.165) is 31.5 Å². The predicted octanol–water partition coefficient (Wildman–Crippen LogP) is 1.82. The Kier molecular flexibility index (Phi) is 3.52. The molecule has 19 heavy (non-hydrogen) atoms. The van der Waals surface area contributed by atoms with Gasteiger partial charge < -0.3 is 10.5 Å². The van der Waals surface area contributed by atoms with E-state index in [9.17, 15) is 4.39 Å². The van der Waals surface area contributed by atoms with Crippen LogP contribution in [0.2, 0.25) is 0 Å². The van der Waals surface area contributed by atoms with Crippen LogP contribution in [0.15, 0.2) is 18.2 Å². The van der Waals surface area contributed by atoms with Crippen LogP contribution in [-0.2, 0) is 11.3 Å². The van der Waals surface area contributed by atoms with Crippen molar-refractivity contribution in [2.75, 3.05) is 13.1 Å². The number of likely N-dealkylation sites (tertiary alicyclic amines) is 1. The average Bonchev–Trinajstić information content (AvgIpc) is 2.71. The highest BCUT2D eigenvalue weighted by Gasteiger charge is 2.33. The van der Waals surface area contributed by atoms with Crippen LogP contribution >= 0.6 is 12.2 Å². The molecule has 0 spiro atoms. The number of benzene rings is 1. The van der Waals surface area contributed by atoms with Crippen LogP contribution in [0.4, 0.5) is 4.39 Å². The van der Waals surface area contributed by atoms with E-state index in [0.29, 0.717) is 29.3 Å². The van der Waals surface area contributed by atoms with Gasteiger partial charge in [0.15, 0.2) is 0 Å². The lowest BCUT2D eigenvalue weighted by molar-refractivity contribution is -0.0413. The van der Waals surface area contributed by atoms with E-state index in [-0.39, 0.29) is 5.82 Å². The highest BCUT2D eigenvalue weighted by atomic mass is 32.1. The molecule has 0 radical (unpaired) electrons. The third kappa shape index (κ3) is 2.78. The summed E-state index contributed by atoms with van der Waals surface area (Å²) in [5.41, 5.74) is 6.98. The second-order valence-electron chi connectivity index (χ2n) is 5.32. The molecule has 1 aromatic rings. The van der Waals surface area contributed by atoms with Crippen LogP contribution in [0.3, 0.4) is 0 Å². The molecule has 2 unspecified atom stereocenters. The van der Waals surface area contributed by atoms with Crippen molar-refractivity contribution in [3.05, 3.63) is 35.1 Å². The van der Waals surface area contributed by atoms with Gasteiger partial charge in [-0.05, 0) is 31.0 Å². The van der Waals surface area contributed by atoms with Crippen molar-refractivity contribution >= 4 is 17.2 Å². The topological polar surface area (TPSA) is 38.5 Å². The summed E-state index contributed by atoms with van der Waals surface area (Å²) >= 11 is 4.94. The third-order valence-electron chi connectivity index (χ3n) is 3.84. The summed E-state index contributed by atoms with van der Waals surface area (Å²) in [7, 11) is 0. The number of hydrogen-bond donors (Lipinski definition) is 1. The summed E-state index contributed by atoms with van der Waals surface area (Å²) in [5, 5.41) is 0. The molecule has 2 N–H and O–H groups in total. The number of nitrogens with two attached hydrogens (primary N) is 1. The molecule has 2 fully saturated rings. The maximum atomic E-state index is 13.9. The van der Waals surface area contributed by atoms with Gasteiger partial charge in [0.2, 0.25) is 0 Å². The molecule has 2 saturated heterocycles. The van der Waals surface area contributed by atoms with Gasteiger partial charge in [0, 0.05) is 30.8 Å². The molecule has 0 aromatic heterocycles. The molecular weight excluding hydrogens is 263 g/mol. The number of halogens is 1. The van der Waals surface area contributed by atoms with E-state index in [2.05, 4.69) is 4.90 Å². The number of thiocarbonyl (C=S) groups is 1. The lowest BCUT2D eigenvalue weighted by Crippen LogP contribution is -2.42. The van der Waals surface area contributed by atoms with Crippen molar-refractivity contribution in [2.24, 2.45) is 5.73 Å². The molecule has 102 valence electrons. The van der Waals surface area contributed by atoms with Crippen molar-refractivity contribution in [3.8, 4) is 0 Å². The van der Waals surface area contributed by atoms with Crippen LogP contribution in [0, 0.1) is 5.82 Å². The SMILES string of the molecule is NC(=S)c1ccc(F)c(CN2CC3CCC(C2)O3)c1. The maximum Gasteiger partial charge on any atom is 0.127 e. The Morgan fingerprint density at radius 3 is 2.68 bits per heavy atom. The van der Waals surface area contributed by atoms with E-state index in [1.54, 1.807) is 12.1 Å². The quantitative estimate of drug-likeness (QED) is 0.857. The molecular formula is C14H17FN2OS. The largest absolute Gasteiger partial charge is 0.389 e. The summed E-state index contributed by atoms with van der Waals surface area (Å²) in [5.74, 6) is -0.196. The van der Waals surface area contributed by atoms with Gasteiger partial charge in [0.05, 0.1) is 12.2 Å². The van der Waals surface area contributed by atoms with Crippen LogP contribution in [0.5, 0.6) is 0 Å². The van der Waals surface area contributed by atoms with E-state index in [1.807, 2.05) is 0 Å². The molecule has 2 heterocycles. The third-order valence-corrected chi connectivity index (χ3v) is 4.08. The monoisotopic (exact) mass is 280 g/mol. The number of nitrogens with zero attached hydrogens (tertiary/aromatic N) is 1. The highest BCUT2D eigenvalue weighted by molar-refractivity contribution is 7.80. The lowest BCUT2D eigenvalue weighted by atomic mass is 10.1. The van der Waals surface area contributed by atoms with Crippen LogP contribution in [0.1, 0.15) is 24.0 Å². The first-order valence-corrected chi connectivity index (χ1v) is 6.98. The van der Waals surface area contributed by atoms with Crippen molar-refractivity contribution in [3.63, 3.8) is 0 Å². The van der Waals surface area contributed by atoms with E-state index in [1.165, 1.54) is 6.07 Å². The standard InChI is InChI=1S/C14H17FN2OS/c15-13-4-1-9(14(16)19)5-10(13)6-17-7-11-2-3-12(8-17)18-11/h1,4-5,11-12H,2-3,6-8H2,(H2,16,19). The van der Waals surface area contributed by atoms with Crippen LogP contribution in [0.25, 0.3) is 0 Å². The normalized spacial score (nSPS) is 26.6. The first-order chi connectivity index (χ1) is 9.11. The van der Waals surface area contributed by atoms with Gasteiger partial charge in [-0.3, -0.25) is 4.90 Å². The molecule has 0 aliphatic carbocycles. The average molecular weight is 280 g/mol. The first-order valence-electron chi connectivity index (χ1n) is 6.58. The van der Waals surface area contributed by atoms with Gasteiger partial charge in [-0.1, -0.05) is 12.2 Å². The molecule has 5 heteroatoms. The molecule has 3 nitrogen and oxygen atoms in total. The highest BCUT2D eigenvalue weighted by Crippen LogP contribution is 2.27. The van der Waals surface area contributed by atoms with Gasteiger partial charge in [-0.15, -0.1) is 0 Å². The fourth-order valence-electron chi connectivity index (χ4n) is 2.92. The van der Waals surface area contributed by atoms with Gasteiger partial charge in [0.1, 0.15) is 10.8 Å². The van der Waals surface area contributed by atoms with Crippen LogP contribution in [-0.4, -0.2) is 35.2 Å². The molecule has 2 atom stereocenters. The Morgan fingerprint density at radius 1 is 1.37 bits per heavy atom. The van der Waals surface area contributed by atoms with Gasteiger partial charge in [-0.25, -0.2) is 4.39 Å². The smallest absolute Gasteiger partial charge is 0.127 e. The summed E-state index contributed by atoms with van der Waals surface area (Å²) in [6.45, 7) is 2.36. The van der Waals surface area contributed by atoms with Gasteiger partial charge >= 0.3 is 0 Å². The van der Waals surface area contributed by atoms with E-state index in [4.69, 9.17) is 22.7 Å². The minimum Gasteiger partial charge on any atom is -0.389 e. The van der Waals surface area contributed by atoms with Gasteiger partial charge in [0.25, 0.3) is 0 Å². The Morgan fingerprint density at radius 2 is 2.05 bits per heavy atom. The van der Waals surface area contributed by atoms with E-state index >= 15 is 0 Å². The molecule has 2 bridgehead atoms. The maximum absolute atomic E-state index is 13.9. The van der Waals surface area contributed by atoms with Gasteiger partial charge in [-0.2, -0.15) is 0 Å². The number of rotatable bonds is 3. The molecule has 2 aliphatic heterocycles. The lowest BCUT2D eigenvalue weighted by Gasteiger charge is -2.32. The van der Waals surface area contributed by atoms with E-state index < -0.39 is 0 Å². The summed E-state index contributed by atoms with van der Waals surface area (Å²) < 4.78 is 19.6. The molecule has 2 aliphatic rings. The van der Waals surface area contributed by atoms with Crippen molar-refractivity contribution in [1.29, 1.82) is 0 Å². The second kappa shape index (κ2) is 5.15. The zero-order valence-corrected chi connectivity index (χ0v) is 11.5. The van der Waals surface area contributed by atoms with Crippen LogP contribution < -0.4 is 5.73 Å². The van der Waals surface area contributed by atoms with Crippen molar-refractivity contribution in [2.45, 2.75) is 31.6 Å². The predicted molar refractivity (Wildman–Crippen MR) is 75.5 cm³/mol. The van der Waals surface area contributed by atoms with Crippen molar-refractivity contribution < 1.29 is 9.13 Å². The number of ether oxygens (including phenoxy) is 1. The summed E-state index contributed by atoms with van der Waals surface area (Å²) in [6, 6.07) is 4.83. The van der Waals surface area contributed by atoms with Crippen molar-refractivity contribution in [1.82, 2.24) is 4.90 Å². The minimum absolute atomic E-state index is 0.196. The molecule has 3 rings (SSSR count).